The molecule has 0 saturated heterocycles. The Labute approximate surface area is 315 Å². The van der Waals surface area contributed by atoms with Crippen LogP contribution in [0.4, 0.5) is 0 Å². The summed E-state index contributed by atoms with van der Waals surface area (Å²) in [5.41, 5.74) is 0. The molecule has 312 valence electrons. The van der Waals surface area contributed by atoms with E-state index in [1.54, 1.807) is 48.0 Å². The number of likely N-dealkylation sites (N-methyl/N-ethyl adjacent to an activating group) is 4. The van der Waals surface area contributed by atoms with E-state index in [-0.39, 0.29) is 50.1 Å². The number of amides is 4. The van der Waals surface area contributed by atoms with Gasteiger partial charge >= 0.3 is 0 Å². The zero-order chi connectivity index (χ0) is 40.4. The predicted molar refractivity (Wildman–Crippen MR) is 202 cm³/mol. The van der Waals surface area contributed by atoms with Crippen LogP contribution in [-0.4, -0.2) is 203 Å². The molecule has 0 aromatic carbocycles. The van der Waals surface area contributed by atoms with Crippen molar-refractivity contribution in [3.05, 3.63) is 0 Å². The number of hydrogen-bond donors (Lipinski definition) is 0. The second-order valence-corrected chi connectivity index (χ2v) is 10.4. The van der Waals surface area contributed by atoms with Gasteiger partial charge in [0.15, 0.2) is 0 Å². The normalized spacial score (nSPS) is 10.1. The molecule has 4 amide bonds. The van der Waals surface area contributed by atoms with E-state index in [0.29, 0.717) is 52.9 Å². The van der Waals surface area contributed by atoms with Crippen LogP contribution < -0.4 is 0 Å². The monoisotopic (exact) mass is 757 g/mol. The third-order valence-electron chi connectivity index (χ3n) is 7.09. The summed E-state index contributed by atoms with van der Waals surface area (Å²) < 4.78 is 39.6. The Morgan fingerprint density at radius 2 is 0.462 bits per heavy atom. The lowest BCUT2D eigenvalue weighted by Crippen LogP contribution is -2.33. The number of rotatable bonds is 28. The summed E-state index contributed by atoms with van der Waals surface area (Å²) in [4.78, 5) is 52.3. The van der Waals surface area contributed by atoms with Gasteiger partial charge in [0, 0.05) is 80.8 Å². The number of ether oxygens (including phenoxy) is 8. The van der Waals surface area contributed by atoms with Gasteiger partial charge in [0.05, 0.1) is 52.9 Å². The van der Waals surface area contributed by atoms with Gasteiger partial charge in [-0.3, -0.25) is 19.2 Å². The van der Waals surface area contributed by atoms with Crippen LogP contribution in [0, 0.1) is 0 Å². The van der Waals surface area contributed by atoms with E-state index in [1.807, 2.05) is 55.4 Å². The van der Waals surface area contributed by atoms with Gasteiger partial charge in [0.2, 0.25) is 23.6 Å². The SMILES string of the molecule is CCN(CC)C(=O)COCCOC.CCN(CC)C(=O)COCCOC.CCN(CC)C(=O)COCCOC.CCN(CC)C(=O)COCCOC. The van der Waals surface area contributed by atoms with Gasteiger partial charge in [-0.15, -0.1) is 0 Å². The van der Waals surface area contributed by atoms with E-state index >= 15 is 0 Å². The average molecular weight is 757 g/mol. The molecule has 0 saturated carbocycles. The summed E-state index contributed by atoms with van der Waals surface area (Å²) in [7, 11) is 6.43. The third-order valence-corrected chi connectivity index (χ3v) is 7.09. The highest BCUT2D eigenvalue weighted by molar-refractivity contribution is 5.78. The lowest BCUT2D eigenvalue weighted by molar-refractivity contribution is -0.136. The number of hydrogen-bond acceptors (Lipinski definition) is 12. The largest absolute Gasteiger partial charge is 0.382 e. The Balaban J connectivity index is -0.000000295. The average Bonchev–Trinajstić information content (AvgIpc) is 3.15. The van der Waals surface area contributed by atoms with Crippen LogP contribution in [-0.2, 0) is 57.1 Å². The highest BCUT2D eigenvalue weighted by Crippen LogP contribution is 1.92. The van der Waals surface area contributed by atoms with Gasteiger partial charge < -0.3 is 57.5 Å². The molecule has 16 heteroatoms. The number of methoxy groups -OCH3 is 4. The molecule has 0 aromatic rings. The molecule has 0 N–H and O–H groups in total. The minimum Gasteiger partial charge on any atom is -0.382 e. The molecule has 0 rings (SSSR count). The van der Waals surface area contributed by atoms with Crippen LogP contribution in [0.2, 0.25) is 0 Å². The molecule has 0 aliphatic carbocycles. The van der Waals surface area contributed by atoms with Gasteiger partial charge in [-0.05, 0) is 55.4 Å². The van der Waals surface area contributed by atoms with Crippen LogP contribution in [0.3, 0.4) is 0 Å². The molecule has 0 fully saturated rings. The highest BCUT2D eigenvalue weighted by Gasteiger charge is 2.11. The Kier molecular flexibility index (Phi) is 48.4. The van der Waals surface area contributed by atoms with Crippen LogP contribution >= 0.6 is 0 Å². The van der Waals surface area contributed by atoms with Crippen LogP contribution in [0.25, 0.3) is 0 Å². The summed E-state index contributed by atoms with van der Waals surface area (Å²) in [5, 5.41) is 0. The zero-order valence-corrected chi connectivity index (χ0v) is 34.8. The molecule has 0 aromatic heterocycles. The summed E-state index contributed by atoms with van der Waals surface area (Å²) in [6, 6.07) is 0. The minimum absolute atomic E-state index is 0.0427. The van der Waals surface area contributed by atoms with E-state index in [9.17, 15) is 19.2 Å². The molecule has 16 nitrogen and oxygen atoms in total. The van der Waals surface area contributed by atoms with Crippen molar-refractivity contribution in [3.8, 4) is 0 Å². The van der Waals surface area contributed by atoms with Gasteiger partial charge in [-0.2, -0.15) is 0 Å². The van der Waals surface area contributed by atoms with Crippen molar-refractivity contribution >= 4 is 23.6 Å². The van der Waals surface area contributed by atoms with Crippen LogP contribution in [0.15, 0.2) is 0 Å². The van der Waals surface area contributed by atoms with Crippen LogP contribution in [0.5, 0.6) is 0 Å². The number of nitrogens with zero attached hydrogens (tertiary/aromatic N) is 4. The number of carbonyl (C=O) groups excluding carboxylic acids is 4. The lowest BCUT2D eigenvalue weighted by Gasteiger charge is -2.18. The number of carbonyl (C=O) groups is 4. The quantitative estimate of drug-likeness (QED) is 0.107. The first-order valence-corrected chi connectivity index (χ1v) is 18.4. The maximum absolute atomic E-state index is 11.3. The highest BCUT2D eigenvalue weighted by atomic mass is 16.5. The molecule has 0 bridgehead atoms. The Morgan fingerprint density at radius 1 is 0.308 bits per heavy atom. The summed E-state index contributed by atoms with van der Waals surface area (Å²) in [6.07, 6.45) is 0. The maximum Gasteiger partial charge on any atom is 0.248 e. The zero-order valence-electron chi connectivity index (χ0n) is 34.8. The van der Waals surface area contributed by atoms with Gasteiger partial charge in [0.1, 0.15) is 26.4 Å². The molecule has 0 aliphatic rings. The van der Waals surface area contributed by atoms with E-state index in [4.69, 9.17) is 37.9 Å². The molecule has 0 radical (unpaired) electrons. The Morgan fingerprint density at radius 3 is 0.577 bits per heavy atom. The molecule has 52 heavy (non-hydrogen) atoms. The summed E-state index contributed by atoms with van der Waals surface area (Å²) >= 11 is 0. The Bertz CT molecular complexity index is 667. The van der Waals surface area contributed by atoms with Crippen molar-refractivity contribution in [2.24, 2.45) is 0 Å². The fourth-order valence-corrected chi connectivity index (χ4v) is 3.88. The molecule has 0 spiro atoms. The van der Waals surface area contributed by atoms with Gasteiger partial charge in [0.25, 0.3) is 0 Å². The second-order valence-electron chi connectivity index (χ2n) is 10.4. The first-order chi connectivity index (χ1) is 25.0. The Hall–Kier alpha value is -2.44. The van der Waals surface area contributed by atoms with Crippen LogP contribution in [0.1, 0.15) is 55.4 Å². The third kappa shape index (κ3) is 35.9. The van der Waals surface area contributed by atoms with E-state index in [1.165, 1.54) is 0 Å². The van der Waals surface area contributed by atoms with Crippen molar-refractivity contribution < 1.29 is 57.1 Å². The van der Waals surface area contributed by atoms with E-state index in [0.717, 1.165) is 52.4 Å². The van der Waals surface area contributed by atoms with Crippen molar-refractivity contribution in [3.63, 3.8) is 0 Å². The van der Waals surface area contributed by atoms with Crippen molar-refractivity contribution in [2.45, 2.75) is 55.4 Å². The molecule has 0 heterocycles. The first-order valence-electron chi connectivity index (χ1n) is 18.4. The van der Waals surface area contributed by atoms with Gasteiger partial charge in [-0.1, -0.05) is 0 Å². The molecule has 0 aliphatic heterocycles. The molecule has 0 unspecified atom stereocenters. The topological polar surface area (TPSA) is 155 Å². The van der Waals surface area contributed by atoms with E-state index in [2.05, 4.69) is 0 Å². The smallest absolute Gasteiger partial charge is 0.248 e. The van der Waals surface area contributed by atoms with Crippen molar-refractivity contribution in [1.29, 1.82) is 0 Å². The molecule has 0 atom stereocenters. The lowest BCUT2D eigenvalue weighted by atomic mass is 10.5. The maximum atomic E-state index is 11.3. The van der Waals surface area contributed by atoms with Gasteiger partial charge in [-0.25, -0.2) is 0 Å². The van der Waals surface area contributed by atoms with Crippen molar-refractivity contribution in [1.82, 2.24) is 19.6 Å². The fraction of sp³-hybridized carbons (Fsp3) is 0.889. The standard InChI is InChI=1S/4C9H19NO3/c4*1-4-10(5-2)9(11)8-13-7-6-12-3/h4*4-8H2,1-3H3. The predicted octanol–water partition coefficient (Wildman–Crippen LogP) is 2.07. The summed E-state index contributed by atoms with van der Waals surface area (Å²) in [5.74, 6) is 0.171. The fourth-order valence-electron chi connectivity index (χ4n) is 3.88. The second kappa shape index (κ2) is 44.7. The minimum atomic E-state index is 0.0427. The molecular weight excluding hydrogens is 680 g/mol. The molecular formula is C36H76N4O12. The van der Waals surface area contributed by atoms with E-state index < -0.39 is 0 Å². The first kappa shape index (κ1) is 56.3. The summed E-state index contributed by atoms with van der Waals surface area (Å²) in [6.45, 7) is 26.2. The van der Waals surface area contributed by atoms with Crippen molar-refractivity contribution in [2.75, 3.05) is 160 Å².